The topological polar surface area (TPSA) is 40.5 Å². The van der Waals surface area contributed by atoms with Gasteiger partial charge in [-0.15, -0.1) is 11.8 Å². The second-order valence-corrected chi connectivity index (χ2v) is 6.49. The Labute approximate surface area is 129 Å². The third-order valence-corrected chi connectivity index (χ3v) is 4.82. The fourth-order valence-electron chi connectivity index (χ4n) is 2.63. The minimum absolute atomic E-state index is 0.0178. The number of thioether (sulfide) groups is 1. The van der Waals surface area contributed by atoms with Crippen LogP contribution in [0.3, 0.4) is 0 Å². The van der Waals surface area contributed by atoms with E-state index in [4.69, 9.17) is 0 Å². The molecule has 1 heterocycles. The number of carbonyl (C=O) groups is 1. The second-order valence-electron chi connectivity index (χ2n) is 5.33. The van der Waals surface area contributed by atoms with E-state index >= 15 is 0 Å². The van der Waals surface area contributed by atoms with Crippen molar-refractivity contribution in [2.75, 3.05) is 18.9 Å². The van der Waals surface area contributed by atoms with Crippen molar-refractivity contribution in [3.63, 3.8) is 0 Å². The number of likely N-dealkylation sites (tertiary alicyclic amines) is 1. The van der Waals surface area contributed by atoms with Crippen molar-refractivity contribution in [1.29, 1.82) is 0 Å². The van der Waals surface area contributed by atoms with E-state index in [9.17, 15) is 14.3 Å². The third kappa shape index (κ3) is 5.00. The van der Waals surface area contributed by atoms with Gasteiger partial charge in [-0.2, -0.15) is 0 Å². The summed E-state index contributed by atoms with van der Waals surface area (Å²) in [5, 5.41) is 9.43. The van der Waals surface area contributed by atoms with Crippen molar-refractivity contribution >= 4 is 17.7 Å². The number of benzene rings is 1. The molecule has 2 rings (SSSR count). The number of rotatable bonds is 5. The first-order valence-electron chi connectivity index (χ1n) is 7.49. The molecule has 1 saturated heterocycles. The number of amides is 1. The van der Waals surface area contributed by atoms with Crippen LogP contribution in [0, 0.1) is 5.82 Å². The van der Waals surface area contributed by atoms with Crippen LogP contribution in [0.2, 0.25) is 0 Å². The van der Waals surface area contributed by atoms with Gasteiger partial charge in [0.25, 0.3) is 0 Å². The smallest absolute Gasteiger partial charge is 0.223 e. The average molecular weight is 311 g/mol. The first kappa shape index (κ1) is 16.3. The highest BCUT2D eigenvalue weighted by atomic mass is 32.2. The summed E-state index contributed by atoms with van der Waals surface area (Å²) in [6.07, 6.45) is 4.59. The van der Waals surface area contributed by atoms with Gasteiger partial charge in [-0.3, -0.25) is 4.79 Å². The molecule has 1 unspecified atom stereocenters. The summed E-state index contributed by atoms with van der Waals surface area (Å²) < 4.78 is 12.8. The quantitative estimate of drug-likeness (QED) is 0.850. The molecule has 1 aromatic carbocycles. The zero-order valence-electron chi connectivity index (χ0n) is 12.1. The van der Waals surface area contributed by atoms with E-state index in [1.165, 1.54) is 12.1 Å². The fourth-order valence-corrected chi connectivity index (χ4v) is 3.47. The zero-order valence-corrected chi connectivity index (χ0v) is 12.9. The standard InChI is InChI=1S/C16H22FNO2S/c17-13-5-7-15(8-6-13)21-11-9-16(20)18-10-3-1-2-4-14(18)12-19/h5-8,14,19H,1-4,9-12H2. The molecule has 0 aliphatic carbocycles. The van der Waals surface area contributed by atoms with Crippen LogP contribution in [0.15, 0.2) is 29.2 Å². The molecule has 21 heavy (non-hydrogen) atoms. The minimum atomic E-state index is -0.245. The van der Waals surface area contributed by atoms with E-state index in [2.05, 4.69) is 0 Å². The molecule has 1 atom stereocenters. The predicted molar refractivity (Wildman–Crippen MR) is 82.8 cm³/mol. The molecule has 0 aromatic heterocycles. The molecule has 5 heteroatoms. The van der Waals surface area contributed by atoms with Crippen LogP contribution in [-0.4, -0.2) is 40.9 Å². The second kappa shape index (κ2) is 8.39. The summed E-state index contributed by atoms with van der Waals surface area (Å²) in [6.45, 7) is 0.808. The zero-order chi connectivity index (χ0) is 15.1. The number of halogens is 1. The molecule has 3 nitrogen and oxygen atoms in total. The van der Waals surface area contributed by atoms with Gasteiger partial charge in [0.1, 0.15) is 5.82 Å². The number of hydrogen-bond donors (Lipinski definition) is 1. The SMILES string of the molecule is O=C(CCSc1ccc(F)cc1)N1CCCCCC1CO. The van der Waals surface area contributed by atoms with E-state index in [1.807, 2.05) is 4.90 Å². The molecule has 1 N–H and O–H groups in total. The highest BCUT2D eigenvalue weighted by molar-refractivity contribution is 7.99. The van der Waals surface area contributed by atoms with Gasteiger partial charge in [0.15, 0.2) is 0 Å². The number of nitrogens with zero attached hydrogens (tertiary/aromatic N) is 1. The Morgan fingerprint density at radius 2 is 2.05 bits per heavy atom. The number of carbonyl (C=O) groups excluding carboxylic acids is 1. The van der Waals surface area contributed by atoms with Gasteiger partial charge in [0.2, 0.25) is 5.91 Å². The Bertz CT molecular complexity index is 452. The molecule has 1 aliphatic heterocycles. The highest BCUT2D eigenvalue weighted by Gasteiger charge is 2.24. The lowest BCUT2D eigenvalue weighted by Crippen LogP contribution is -2.42. The van der Waals surface area contributed by atoms with Crippen LogP contribution in [0.1, 0.15) is 32.1 Å². The minimum Gasteiger partial charge on any atom is -0.394 e. The average Bonchev–Trinajstić information content (AvgIpc) is 2.74. The van der Waals surface area contributed by atoms with Gasteiger partial charge < -0.3 is 10.0 Å². The molecule has 0 bridgehead atoms. The first-order chi connectivity index (χ1) is 10.2. The molecule has 1 aliphatic rings. The van der Waals surface area contributed by atoms with Crippen LogP contribution < -0.4 is 0 Å². The van der Waals surface area contributed by atoms with E-state index in [-0.39, 0.29) is 24.4 Å². The summed E-state index contributed by atoms with van der Waals surface area (Å²) in [7, 11) is 0. The fraction of sp³-hybridized carbons (Fsp3) is 0.562. The molecular weight excluding hydrogens is 289 g/mol. The Kier molecular flexibility index (Phi) is 6.51. The maximum atomic E-state index is 12.8. The Balaban J connectivity index is 1.81. The van der Waals surface area contributed by atoms with Crippen LogP contribution in [0.4, 0.5) is 4.39 Å². The van der Waals surface area contributed by atoms with Gasteiger partial charge in [0.05, 0.1) is 12.6 Å². The highest BCUT2D eigenvalue weighted by Crippen LogP contribution is 2.21. The molecule has 1 amide bonds. The van der Waals surface area contributed by atoms with Gasteiger partial charge in [-0.05, 0) is 37.1 Å². The van der Waals surface area contributed by atoms with E-state index in [0.29, 0.717) is 12.2 Å². The molecule has 0 spiro atoms. The Hall–Kier alpha value is -1.07. The van der Waals surface area contributed by atoms with Crippen LogP contribution in [0.25, 0.3) is 0 Å². The molecule has 1 fully saturated rings. The van der Waals surface area contributed by atoms with Crippen molar-refractivity contribution in [2.45, 2.75) is 43.0 Å². The van der Waals surface area contributed by atoms with E-state index < -0.39 is 0 Å². The third-order valence-electron chi connectivity index (χ3n) is 3.81. The number of hydrogen-bond acceptors (Lipinski definition) is 3. The van der Waals surface area contributed by atoms with Gasteiger partial charge in [-0.25, -0.2) is 4.39 Å². The van der Waals surface area contributed by atoms with Crippen LogP contribution in [0.5, 0.6) is 0 Å². The summed E-state index contributed by atoms with van der Waals surface area (Å²) in [5.74, 6) is 0.551. The molecule has 0 radical (unpaired) electrons. The van der Waals surface area contributed by atoms with Gasteiger partial charge in [-0.1, -0.05) is 12.8 Å². The molecule has 116 valence electrons. The lowest BCUT2D eigenvalue weighted by molar-refractivity contribution is -0.133. The van der Waals surface area contributed by atoms with Crippen LogP contribution in [-0.2, 0) is 4.79 Å². The van der Waals surface area contributed by atoms with Crippen molar-refractivity contribution in [2.24, 2.45) is 0 Å². The van der Waals surface area contributed by atoms with E-state index in [1.54, 1.807) is 23.9 Å². The number of aliphatic hydroxyl groups excluding tert-OH is 1. The largest absolute Gasteiger partial charge is 0.394 e. The predicted octanol–water partition coefficient (Wildman–Crippen LogP) is 3.07. The van der Waals surface area contributed by atoms with Crippen molar-refractivity contribution in [3.8, 4) is 0 Å². The molecule has 1 aromatic rings. The van der Waals surface area contributed by atoms with Crippen molar-refractivity contribution in [1.82, 2.24) is 4.90 Å². The monoisotopic (exact) mass is 311 g/mol. The van der Waals surface area contributed by atoms with Gasteiger partial charge >= 0.3 is 0 Å². The molecule has 0 saturated carbocycles. The Morgan fingerprint density at radius 3 is 2.76 bits per heavy atom. The summed E-state index contributed by atoms with van der Waals surface area (Å²) >= 11 is 1.56. The first-order valence-corrected chi connectivity index (χ1v) is 8.48. The summed E-state index contributed by atoms with van der Waals surface area (Å²) in [5.41, 5.74) is 0. The lowest BCUT2D eigenvalue weighted by Gasteiger charge is -2.28. The normalized spacial score (nSPS) is 19.3. The summed E-state index contributed by atoms with van der Waals surface area (Å²) in [6, 6.07) is 6.30. The molecular formula is C16H22FNO2S. The Morgan fingerprint density at radius 1 is 1.29 bits per heavy atom. The van der Waals surface area contributed by atoms with E-state index in [0.717, 1.165) is 37.1 Å². The maximum Gasteiger partial charge on any atom is 0.223 e. The maximum absolute atomic E-state index is 12.8. The summed E-state index contributed by atoms with van der Waals surface area (Å²) in [4.78, 5) is 15.1. The lowest BCUT2D eigenvalue weighted by atomic mass is 10.1. The van der Waals surface area contributed by atoms with Gasteiger partial charge in [0, 0.05) is 23.6 Å². The number of aliphatic hydroxyl groups is 1. The van der Waals surface area contributed by atoms with Crippen LogP contribution >= 0.6 is 11.8 Å². The van der Waals surface area contributed by atoms with Crippen molar-refractivity contribution in [3.05, 3.63) is 30.1 Å². The van der Waals surface area contributed by atoms with Crippen molar-refractivity contribution < 1.29 is 14.3 Å².